The molecular formula is C10H16N4O2S. The first kappa shape index (κ1) is 12.3. The number of hydrogen-bond donors (Lipinski definition) is 3. The fourth-order valence-electron chi connectivity index (χ4n) is 1.88. The van der Waals surface area contributed by atoms with Gasteiger partial charge in [-0.05, 0) is 19.3 Å². The molecule has 0 aliphatic carbocycles. The molecule has 94 valence electrons. The minimum atomic E-state index is -0.315. The number of aromatic hydroxyl groups is 1. The molecular weight excluding hydrogens is 240 g/mol. The Morgan fingerprint density at radius 2 is 1.94 bits per heavy atom. The Kier molecular flexibility index (Phi) is 3.60. The largest absolute Gasteiger partial charge is 0.494 e. The van der Waals surface area contributed by atoms with Gasteiger partial charge in [-0.1, -0.05) is 0 Å². The normalized spacial score (nSPS) is 18.4. The first-order valence-electron chi connectivity index (χ1n) is 5.51. The van der Waals surface area contributed by atoms with Gasteiger partial charge < -0.3 is 15.0 Å². The fourth-order valence-corrected chi connectivity index (χ4v) is 2.07. The minimum Gasteiger partial charge on any atom is -0.494 e. The first-order valence-corrected chi connectivity index (χ1v) is 5.92. The van der Waals surface area contributed by atoms with Gasteiger partial charge in [-0.3, -0.25) is 14.7 Å². The van der Waals surface area contributed by atoms with E-state index < -0.39 is 0 Å². The highest BCUT2D eigenvalue weighted by molar-refractivity contribution is 7.71. The van der Waals surface area contributed by atoms with Crippen LogP contribution < -0.4 is 5.56 Å². The summed E-state index contributed by atoms with van der Waals surface area (Å²) in [6.07, 6.45) is 0. The van der Waals surface area contributed by atoms with Crippen molar-refractivity contribution >= 4 is 12.2 Å². The molecule has 2 heterocycles. The summed E-state index contributed by atoms with van der Waals surface area (Å²) in [6, 6.07) is 0. The molecule has 7 heteroatoms. The average molecular weight is 256 g/mol. The molecule has 0 aromatic carbocycles. The zero-order valence-corrected chi connectivity index (χ0v) is 10.5. The van der Waals surface area contributed by atoms with Crippen LogP contribution in [0.15, 0.2) is 4.79 Å². The summed E-state index contributed by atoms with van der Waals surface area (Å²) in [6.45, 7) is 4.18. The Labute approximate surface area is 104 Å². The minimum absolute atomic E-state index is 0.127. The van der Waals surface area contributed by atoms with Gasteiger partial charge in [0.1, 0.15) is 0 Å². The second kappa shape index (κ2) is 4.99. The lowest BCUT2D eigenvalue weighted by Gasteiger charge is -2.32. The van der Waals surface area contributed by atoms with Crippen molar-refractivity contribution in [2.24, 2.45) is 0 Å². The van der Waals surface area contributed by atoms with Gasteiger partial charge in [0.2, 0.25) is 5.88 Å². The van der Waals surface area contributed by atoms with E-state index in [4.69, 9.17) is 12.2 Å². The highest BCUT2D eigenvalue weighted by atomic mass is 32.1. The van der Waals surface area contributed by atoms with Gasteiger partial charge in [0.15, 0.2) is 4.77 Å². The van der Waals surface area contributed by atoms with E-state index in [0.717, 1.165) is 26.2 Å². The molecule has 1 saturated heterocycles. The van der Waals surface area contributed by atoms with Gasteiger partial charge in [-0.25, -0.2) is 0 Å². The molecule has 1 aromatic rings. The van der Waals surface area contributed by atoms with Crippen molar-refractivity contribution in [2.75, 3.05) is 33.2 Å². The number of piperazine rings is 1. The van der Waals surface area contributed by atoms with Crippen molar-refractivity contribution in [2.45, 2.75) is 6.54 Å². The molecule has 1 fully saturated rings. The monoisotopic (exact) mass is 256 g/mol. The van der Waals surface area contributed by atoms with Crippen molar-refractivity contribution in [3.63, 3.8) is 0 Å². The van der Waals surface area contributed by atoms with Gasteiger partial charge in [-0.2, -0.15) is 0 Å². The van der Waals surface area contributed by atoms with Crippen LogP contribution in [0.5, 0.6) is 5.88 Å². The SMILES string of the molecule is CN1CCN(Cc2c(O)[nH]c(=S)[nH]c2=O)CC1. The molecule has 0 radical (unpaired) electrons. The third-order valence-corrected chi connectivity index (χ3v) is 3.20. The van der Waals surface area contributed by atoms with Gasteiger partial charge in [0.05, 0.1) is 5.56 Å². The molecule has 2 rings (SSSR count). The molecule has 3 N–H and O–H groups in total. The molecule has 0 unspecified atom stereocenters. The van der Waals surface area contributed by atoms with Crippen LogP contribution in [-0.4, -0.2) is 58.1 Å². The Hall–Kier alpha value is -1.18. The zero-order valence-electron chi connectivity index (χ0n) is 9.69. The quantitative estimate of drug-likeness (QED) is 0.644. The number of nitrogens with zero attached hydrogens (tertiary/aromatic N) is 2. The molecule has 0 saturated carbocycles. The van der Waals surface area contributed by atoms with Crippen molar-refractivity contribution in [3.05, 3.63) is 20.7 Å². The number of likely N-dealkylation sites (N-methyl/N-ethyl adjacent to an activating group) is 1. The smallest absolute Gasteiger partial charge is 0.260 e. The molecule has 0 bridgehead atoms. The summed E-state index contributed by atoms with van der Waals surface area (Å²) in [5.41, 5.74) is 0.0355. The van der Waals surface area contributed by atoms with Crippen LogP contribution in [0.1, 0.15) is 5.56 Å². The van der Waals surface area contributed by atoms with Crippen LogP contribution in [0.3, 0.4) is 0 Å². The Bertz CT molecular complexity index is 502. The van der Waals surface area contributed by atoms with Crippen LogP contribution in [0, 0.1) is 4.77 Å². The molecule has 17 heavy (non-hydrogen) atoms. The summed E-state index contributed by atoms with van der Waals surface area (Å²) in [5.74, 6) is -0.127. The molecule has 1 aromatic heterocycles. The summed E-state index contributed by atoms with van der Waals surface area (Å²) >= 11 is 4.78. The number of hydrogen-bond acceptors (Lipinski definition) is 5. The lowest BCUT2D eigenvalue weighted by atomic mass is 10.2. The topological polar surface area (TPSA) is 75.4 Å². The van der Waals surface area contributed by atoms with Crippen LogP contribution in [0.25, 0.3) is 0 Å². The lowest BCUT2D eigenvalue weighted by Crippen LogP contribution is -2.44. The highest BCUT2D eigenvalue weighted by Gasteiger charge is 2.17. The predicted molar refractivity (Wildman–Crippen MR) is 66.7 cm³/mol. The third kappa shape index (κ3) is 2.93. The van der Waals surface area contributed by atoms with E-state index in [1.165, 1.54) is 0 Å². The van der Waals surface area contributed by atoms with E-state index in [1.807, 2.05) is 0 Å². The number of nitrogens with one attached hydrogen (secondary N) is 2. The average Bonchev–Trinajstić information content (AvgIpc) is 2.26. The van der Waals surface area contributed by atoms with Crippen LogP contribution in [0.2, 0.25) is 0 Å². The van der Waals surface area contributed by atoms with Crippen LogP contribution in [0.4, 0.5) is 0 Å². The molecule has 0 atom stereocenters. The van der Waals surface area contributed by atoms with E-state index in [-0.39, 0.29) is 16.2 Å². The lowest BCUT2D eigenvalue weighted by molar-refractivity contribution is 0.146. The van der Waals surface area contributed by atoms with Crippen LogP contribution >= 0.6 is 12.2 Å². The predicted octanol–water partition coefficient (Wildman–Crippen LogP) is -0.115. The maximum absolute atomic E-state index is 11.7. The first-order chi connectivity index (χ1) is 8.06. The fraction of sp³-hybridized carbons (Fsp3) is 0.600. The van der Waals surface area contributed by atoms with Gasteiger partial charge in [0, 0.05) is 32.7 Å². The van der Waals surface area contributed by atoms with E-state index in [9.17, 15) is 9.90 Å². The van der Waals surface area contributed by atoms with E-state index >= 15 is 0 Å². The van der Waals surface area contributed by atoms with E-state index in [2.05, 4.69) is 26.8 Å². The Balaban J connectivity index is 2.14. The number of H-pyrrole nitrogens is 2. The zero-order chi connectivity index (χ0) is 12.4. The van der Waals surface area contributed by atoms with Crippen molar-refractivity contribution in [3.8, 4) is 5.88 Å². The molecule has 1 aliphatic rings. The summed E-state index contributed by atoms with van der Waals surface area (Å²) in [4.78, 5) is 21.1. The molecule has 0 amide bonds. The highest BCUT2D eigenvalue weighted by Crippen LogP contribution is 2.11. The number of aromatic amines is 2. The van der Waals surface area contributed by atoms with E-state index in [0.29, 0.717) is 12.1 Å². The Morgan fingerprint density at radius 3 is 2.53 bits per heavy atom. The number of aromatic nitrogens is 2. The van der Waals surface area contributed by atoms with Gasteiger partial charge in [0.25, 0.3) is 5.56 Å². The molecule has 6 nitrogen and oxygen atoms in total. The van der Waals surface area contributed by atoms with E-state index in [1.54, 1.807) is 0 Å². The standard InChI is InChI=1S/C10H16N4O2S/c1-13-2-4-14(5-3-13)6-7-8(15)11-10(17)12-9(7)16/h2-6H2,1H3,(H3,11,12,15,16,17). The second-order valence-electron chi connectivity index (χ2n) is 4.31. The van der Waals surface area contributed by atoms with Crippen LogP contribution in [-0.2, 0) is 6.54 Å². The maximum atomic E-state index is 11.7. The van der Waals surface area contributed by atoms with Crippen molar-refractivity contribution in [1.82, 2.24) is 19.8 Å². The third-order valence-electron chi connectivity index (χ3n) is 3.00. The van der Waals surface area contributed by atoms with Gasteiger partial charge in [-0.15, -0.1) is 0 Å². The van der Waals surface area contributed by atoms with Crippen molar-refractivity contribution in [1.29, 1.82) is 0 Å². The molecule has 0 spiro atoms. The summed E-state index contributed by atoms with van der Waals surface area (Å²) < 4.78 is 0.148. The van der Waals surface area contributed by atoms with Crippen molar-refractivity contribution < 1.29 is 5.11 Å². The number of rotatable bonds is 2. The summed E-state index contributed by atoms with van der Waals surface area (Å²) in [5, 5.41) is 9.68. The summed E-state index contributed by atoms with van der Waals surface area (Å²) in [7, 11) is 2.07. The Morgan fingerprint density at radius 1 is 1.29 bits per heavy atom. The molecule has 1 aliphatic heterocycles. The van der Waals surface area contributed by atoms with Gasteiger partial charge >= 0.3 is 0 Å². The second-order valence-corrected chi connectivity index (χ2v) is 4.72. The maximum Gasteiger partial charge on any atom is 0.260 e.